The number of hydrogen-bond acceptors (Lipinski definition) is 2. The molecule has 2 fully saturated rings. The summed E-state index contributed by atoms with van der Waals surface area (Å²) in [5, 5.41) is 0. The van der Waals surface area contributed by atoms with Crippen molar-refractivity contribution in [2.45, 2.75) is 84.6 Å². The summed E-state index contributed by atoms with van der Waals surface area (Å²) < 4.78 is 0.231. The fourth-order valence-electron chi connectivity index (χ4n) is 9.99. The third-order valence-corrected chi connectivity index (χ3v) is 64.1. The van der Waals surface area contributed by atoms with Crippen LogP contribution in [0.1, 0.15) is 93.7 Å². The van der Waals surface area contributed by atoms with Gasteiger partial charge in [0.05, 0.1) is 0 Å². The van der Waals surface area contributed by atoms with Gasteiger partial charge in [-0.25, -0.2) is 0 Å². The van der Waals surface area contributed by atoms with Crippen LogP contribution < -0.4 is 0 Å². The molecule has 4 aromatic rings. The molecule has 0 spiro atoms. The van der Waals surface area contributed by atoms with Crippen molar-refractivity contribution in [2.24, 2.45) is 11.8 Å². The van der Waals surface area contributed by atoms with E-state index in [-0.39, 0.29) is 7.25 Å². The van der Waals surface area contributed by atoms with Crippen molar-refractivity contribution in [3.63, 3.8) is 0 Å². The van der Waals surface area contributed by atoms with Crippen LogP contribution in [0.5, 0.6) is 0 Å². The van der Waals surface area contributed by atoms with E-state index in [1.54, 1.807) is 11.1 Å². The van der Waals surface area contributed by atoms with Gasteiger partial charge in [-0.15, -0.1) is 0 Å². The molecule has 48 heavy (non-hydrogen) atoms. The molecule has 0 bridgehead atoms. The summed E-state index contributed by atoms with van der Waals surface area (Å²) in [4.78, 5) is 9.68. The third-order valence-electron chi connectivity index (χ3n) is 12.4. The van der Waals surface area contributed by atoms with Crippen molar-refractivity contribution in [1.82, 2.24) is 9.97 Å². The zero-order chi connectivity index (χ0) is 32.9. The molecule has 2 unspecified atom stereocenters. The predicted molar refractivity (Wildman–Crippen MR) is 205 cm³/mol. The number of allylic oxidation sites excluding steroid dienone is 2. The fraction of sp³-hybridized carbons (Fsp3) is 0.381. The van der Waals surface area contributed by atoms with Gasteiger partial charge in [0.1, 0.15) is 0 Å². The molecule has 2 nitrogen and oxygen atoms in total. The molecule has 0 aliphatic heterocycles. The Morgan fingerprint density at radius 2 is 1.00 bits per heavy atom. The topological polar surface area (TPSA) is 25.8 Å². The summed E-state index contributed by atoms with van der Waals surface area (Å²) in [7, 11) is 17.9. The third kappa shape index (κ3) is 5.44. The van der Waals surface area contributed by atoms with Crippen molar-refractivity contribution >= 4 is 35.1 Å². The van der Waals surface area contributed by atoms with Crippen LogP contribution in [0, 0.1) is 11.8 Å². The van der Waals surface area contributed by atoms with Crippen LogP contribution in [0.4, 0.5) is 0 Å². The summed E-state index contributed by atoms with van der Waals surface area (Å²) in [5.74, 6) is -0.604. The van der Waals surface area contributed by atoms with Crippen molar-refractivity contribution in [1.29, 1.82) is 0 Å². The fourth-order valence-corrected chi connectivity index (χ4v) is 41.0. The Kier molecular flexibility index (Phi) is 9.11. The summed E-state index contributed by atoms with van der Waals surface area (Å²) in [5.41, 5.74) is 13.0. The average molecular weight is 770 g/mol. The molecule has 2 aromatic heterocycles. The molecule has 0 N–H and O–H groups in total. The molecule has 2 saturated carbocycles. The average Bonchev–Trinajstić information content (AvgIpc) is 3.74. The molecule has 0 radical (unpaired) electrons. The number of benzene rings is 2. The van der Waals surface area contributed by atoms with E-state index < -0.39 is 21.5 Å². The molecule has 247 valence electrons. The standard InChI is InChI=1S/2C20H20N.C2H7Si.2ClH.Zr/c2*1-2-7-15(8-3-1)17-13-16-9-6-10-18(19(16)14-17)20-11-4-5-12-21-20;1-3-2;;;/h2*4-6,9-15H,1-3,7-8H2;3H,1-2H3;2*1H;/q;;;;;+2/p-2. The van der Waals surface area contributed by atoms with Gasteiger partial charge < -0.3 is 0 Å². The molecule has 0 saturated heterocycles. The van der Waals surface area contributed by atoms with Crippen molar-refractivity contribution in [3.05, 3.63) is 119 Å². The molecular formula is C42H47Cl2N2SiZr. The SMILES string of the molecule is C[SiH](C)[Zr]([Cl])([Cl])([CH]1C(C2CCCCC2)=Cc2c(-c3ccccn3)cccc21)[CH]1C(C2CCCCC2)=Cc2c(-c3ccccn3)cccc21. The Morgan fingerprint density at radius 1 is 0.562 bits per heavy atom. The maximum atomic E-state index is 8.95. The van der Waals surface area contributed by atoms with Gasteiger partial charge in [-0.05, 0) is 0 Å². The Bertz CT molecular complexity index is 1740. The van der Waals surface area contributed by atoms with Crippen LogP contribution in [0.2, 0.25) is 13.1 Å². The van der Waals surface area contributed by atoms with Crippen LogP contribution in [0.3, 0.4) is 0 Å². The van der Waals surface area contributed by atoms with Gasteiger partial charge in [-0.2, -0.15) is 0 Å². The van der Waals surface area contributed by atoms with Crippen molar-refractivity contribution in [3.8, 4) is 22.5 Å². The first-order valence-corrected chi connectivity index (χ1v) is 34.8. The van der Waals surface area contributed by atoms with Crippen molar-refractivity contribution < 1.29 is 15.6 Å². The van der Waals surface area contributed by atoms with Crippen LogP contribution >= 0.6 is 17.0 Å². The first-order valence-electron chi connectivity index (χ1n) is 18.4. The van der Waals surface area contributed by atoms with E-state index in [9.17, 15) is 0 Å². The van der Waals surface area contributed by atoms with Gasteiger partial charge in [0, 0.05) is 0 Å². The van der Waals surface area contributed by atoms with Crippen LogP contribution in [0.25, 0.3) is 34.7 Å². The van der Waals surface area contributed by atoms with E-state index in [0.29, 0.717) is 11.8 Å². The Hall–Kier alpha value is -2.10. The van der Waals surface area contributed by atoms with Crippen molar-refractivity contribution in [2.75, 3.05) is 0 Å². The van der Waals surface area contributed by atoms with E-state index in [2.05, 4.69) is 85.9 Å². The van der Waals surface area contributed by atoms with Crippen LogP contribution in [-0.4, -0.2) is 15.9 Å². The number of hydrogen-bond donors (Lipinski definition) is 0. The molecule has 2 atom stereocenters. The van der Waals surface area contributed by atoms with E-state index in [4.69, 9.17) is 27.0 Å². The van der Waals surface area contributed by atoms with Gasteiger partial charge in [0.2, 0.25) is 0 Å². The molecule has 2 heterocycles. The zero-order valence-corrected chi connectivity index (χ0v) is 33.5. The maximum absolute atomic E-state index is 8.95. The molecule has 8 rings (SSSR count). The summed E-state index contributed by atoms with van der Waals surface area (Å²) in [6, 6.07) is 26.3. The van der Waals surface area contributed by atoms with Crippen LogP contribution in [-0.2, 0) is 15.6 Å². The zero-order valence-electron chi connectivity index (χ0n) is 28.3. The number of aromatic nitrogens is 2. The number of rotatable bonds is 7. The van der Waals surface area contributed by atoms with Gasteiger partial charge in [-0.1, -0.05) is 0 Å². The van der Waals surface area contributed by atoms with E-state index >= 15 is 0 Å². The van der Waals surface area contributed by atoms with Gasteiger partial charge in [0.15, 0.2) is 0 Å². The second kappa shape index (κ2) is 13.2. The molecule has 6 heteroatoms. The minimum absolute atomic E-state index is 0.115. The first kappa shape index (κ1) is 33.1. The summed E-state index contributed by atoms with van der Waals surface area (Å²) in [6.45, 7) is 5.01. The van der Waals surface area contributed by atoms with Gasteiger partial charge >= 0.3 is 298 Å². The van der Waals surface area contributed by atoms with Gasteiger partial charge in [-0.3, -0.25) is 0 Å². The summed E-state index contributed by atoms with van der Waals surface area (Å²) >= 11 is -4.95. The Labute approximate surface area is 295 Å². The second-order valence-electron chi connectivity index (χ2n) is 15.3. The summed E-state index contributed by atoms with van der Waals surface area (Å²) in [6.07, 6.45) is 21.8. The number of nitrogens with zero attached hydrogens (tertiary/aromatic N) is 2. The molecule has 0 amide bonds. The number of halogens is 2. The predicted octanol–water partition coefficient (Wildman–Crippen LogP) is 12.5. The molecule has 2 aromatic carbocycles. The second-order valence-corrected chi connectivity index (χ2v) is 57.8. The molecular weight excluding hydrogens is 723 g/mol. The Morgan fingerprint density at radius 3 is 1.38 bits per heavy atom. The number of fused-ring (bicyclic) bond motifs is 2. The monoisotopic (exact) mass is 767 g/mol. The van der Waals surface area contributed by atoms with Crippen LogP contribution in [0.15, 0.2) is 96.3 Å². The van der Waals surface area contributed by atoms with E-state index in [0.717, 1.165) is 11.4 Å². The van der Waals surface area contributed by atoms with E-state index in [1.807, 2.05) is 24.5 Å². The Balaban J connectivity index is 1.38. The number of pyridine rings is 2. The first-order chi connectivity index (χ1) is 23.4. The molecule has 4 aliphatic rings. The molecule has 4 aliphatic carbocycles. The minimum atomic E-state index is -4.95. The van der Waals surface area contributed by atoms with Gasteiger partial charge in [0.25, 0.3) is 0 Å². The normalized spacial score (nSPS) is 22.5. The van der Waals surface area contributed by atoms with E-state index in [1.165, 1.54) is 97.6 Å². The quantitative estimate of drug-likeness (QED) is 0.175.